The summed E-state index contributed by atoms with van der Waals surface area (Å²) in [6.45, 7) is 13.8. The lowest BCUT2D eigenvalue weighted by molar-refractivity contribution is 0.112. The molecule has 0 aliphatic carbocycles. The van der Waals surface area contributed by atoms with Crippen LogP contribution < -0.4 is 4.43 Å². The number of carbonyl (C=O) groups is 1. The Hall–Kier alpha value is -2.13. The minimum absolute atomic E-state index is 0.561. The maximum atomic E-state index is 10.7. The predicted molar refractivity (Wildman–Crippen MR) is 119 cm³/mol. The third kappa shape index (κ3) is 4.98. The highest BCUT2D eigenvalue weighted by Gasteiger charge is 2.46. The topological polar surface area (TPSA) is 26.3 Å². The Morgan fingerprint density at radius 3 is 1.41 bits per heavy atom. The Bertz CT molecular complexity index is 734. The van der Waals surface area contributed by atoms with Crippen molar-refractivity contribution in [3.63, 3.8) is 0 Å². The molecule has 0 N–H and O–H groups in total. The monoisotopic (exact) mass is 380 g/mol. The van der Waals surface area contributed by atoms with E-state index in [1.807, 2.05) is 24.3 Å². The predicted octanol–water partition coefficient (Wildman–Crippen LogP) is 7.22. The summed E-state index contributed by atoms with van der Waals surface area (Å²) in [4.78, 5) is 10.7. The van der Waals surface area contributed by atoms with E-state index < -0.39 is 8.32 Å². The fourth-order valence-corrected chi connectivity index (χ4v) is 9.33. The molecule has 3 heteroatoms. The van der Waals surface area contributed by atoms with Gasteiger partial charge in [-0.3, -0.25) is 4.79 Å². The van der Waals surface area contributed by atoms with Gasteiger partial charge in [0.15, 0.2) is 0 Å². The quantitative estimate of drug-likeness (QED) is 0.274. The van der Waals surface area contributed by atoms with E-state index >= 15 is 0 Å². The van der Waals surface area contributed by atoms with E-state index in [1.54, 1.807) is 0 Å². The first-order valence-corrected chi connectivity index (χ1v) is 12.0. The van der Waals surface area contributed by atoms with Crippen molar-refractivity contribution in [3.8, 4) is 5.75 Å². The van der Waals surface area contributed by atoms with Gasteiger partial charge in [0.05, 0.1) is 0 Å². The Kier molecular flexibility index (Phi) is 7.20. The number of carbonyl (C=O) groups excluding carboxylic acids is 1. The summed E-state index contributed by atoms with van der Waals surface area (Å²) in [7, 11) is -1.91. The zero-order chi connectivity index (χ0) is 20.0. The molecule has 0 heterocycles. The Morgan fingerprint density at radius 2 is 1.04 bits per heavy atom. The van der Waals surface area contributed by atoms with Crippen LogP contribution in [0, 0.1) is 0 Å². The van der Waals surface area contributed by atoms with Crippen molar-refractivity contribution in [2.24, 2.45) is 0 Å². The summed E-state index contributed by atoms with van der Waals surface area (Å²) in [5, 5.41) is 0. The molecule has 0 saturated carbocycles. The first-order valence-electron chi connectivity index (χ1n) is 9.82. The average Bonchev–Trinajstić information content (AvgIpc) is 2.65. The number of hydrogen-bond acceptors (Lipinski definition) is 2. The van der Waals surface area contributed by atoms with Crippen LogP contribution in [0.15, 0.2) is 48.5 Å². The van der Waals surface area contributed by atoms with Gasteiger partial charge in [0, 0.05) is 5.56 Å². The molecule has 0 fully saturated rings. The van der Waals surface area contributed by atoms with Gasteiger partial charge in [0.1, 0.15) is 12.0 Å². The summed E-state index contributed by atoms with van der Waals surface area (Å²) < 4.78 is 6.71. The molecule has 0 amide bonds. The molecule has 27 heavy (non-hydrogen) atoms. The number of rotatable bonds is 8. The summed E-state index contributed by atoms with van der Waals surface area (Å²) >= 11 is 0. The highest BCUT2D eigenvalue weighted by atomic mass is 28.4. The molecule has 0 aliphatic rings. The molecule has 0 spiro atoms. The number of aldehydes is 1. The van der Waals surface area contributed by atoms with E-state index in [1.165, 1.54) is 0 Å². The van der Waals surface area contributed by atoms with Crippen LogP contribution in [-0.2, 0) is 0 Å². The molecule has 144 valence electrons. The van der Waals surface area contributed by atoms with Crippen LogP contribution in [0.25, 0.3) is 12.2 Å². The zero-order valence-electron chi connectivity index (χ0n) is 17.4. The second-order valence-electron chi connectivity index (χ2n) is 8.11. The minimum Gasteiger partial charge on any atom is -0.543 e. The molecule has 2 rings (SSSR count). The molecule has 2 aromatic carbocycles. The van der Waals surface area contributed by atoms with Gasteiger partial charge < -0.3 is 4.43 Å². The maximum absolute atomic E-state index is 10.7. The summed E-state index contributed by atoms with van der Waals surface area (Å²) in [5.41, 5.74) is 4.59. The van der Waals surface area contributed by atoms with Crippen LogP contribution in [0.2, 0.25) is 16.6 Å². The van der Waals surface area contributed by atoms with Gasteiger partial charge in [0.25, 0.3) is 8.32 Å². The van der Waals surface area contributed by atoms with Gasteiger partial charge in [-0.2, -0.15) is 0 Å². The van der Waals surface area contributed by atoms with E-state index in [0.29, 0.717) is 22.2 Å². The third-order valence-electron chi connectivity index (χ3n) is 5.42. The highest BCUT2D eigenvalue weighted by molar-refractivity contribution is 6.78. The second kappa shape index (κ2) is 9.18. The number of benzene rings is 2. The van der Waals surface area contributed by atoms with Crippen LogP contribution in [0.3, 0.4) is 0 Å². The van der Waals surface area contributed by atoms with Crippen molar-refractivity contribution < 1.29 is 9.22 Å². The van der Waals surface area contributed by atoms with Gasteiger partial charge in [-0.05, 0) is 39.9 Å². The zero-order valence-corrected chi connectivity index (χ0v) is 18.4. The third-order valence-corrected chi connectivity index (χ3v) is 11.4. The van der Waals surface area contributed by atoms with Crippen LogP contribution in [0.4, 0.5) is 0 Å². The van der Waals surface area contributed by atoms with Gasteiger partial charge in [-0.25, -0.2) is 0 Å². The van der Waals surface area contributed by atoms with Crippen molar-refractivity contribution in [1.29, 1.82) is 0 Å². The van der Waals surface area contributed by atoms with Crippen LogP contribution in [0.1, 0.15) is 63.0 Å². The van der Waals surface area contributed by atoms with Crippen LogP contribution >= 0.6 is 0 Å². The number of hydrogen-bond donors (Lipinski definition) is 0. The summed E-state index contributed by atoms with van der Waals surface area (Å²) in [5.74, 6) is 0.977. The smallest absolute Gasteiger partial charge is 0.258 e. The van der Waals surface area contributed by atoms with Crippen molar-refractivity contribution in [2.45, 2.75) is 58.2 Å². The second-order valence-corrected chi connectivity index (χ2v) is 13.5. The minimum atomic E-state index is -1.91. The fraction of sp³-hybridized carbons (Fsp3) is 0.375. The summed E-state index contributed by atoms with van der Waals surface area (Å²) in [6, 6.07) is 15.9. The van der Waals surface area contributed by atoms with Gasteiger partial charge in [-0.15, -0.1) is 0 Å². The van der Waals surface area contributed by atoms with E-state index in [4.69, 9.17) is 4.43 Å². The Labute approximate surface area is 165 Å². The van der Waals surface area contributed by atoms with Gasteiger partial charge in [0.2, 0.25) is 0 Å². The largest absolute Gasteiger partial charge is 0.543 e. The van der Waals surface area contributed by atoms with Gasteiger partial charge in [-0.1, -0.05) is 90.1 Å². The molecule has 0 radical (unpaired) electrons. The van der Waals surface area contributed by atoms with E-state index in [-0.39, 0.29) is 0 Å². The van der Waals surface area contributed by atoms with Crippen molar-refractivity contribution >= 4 is 26.8 Å². The lowest BCUT2D eigenvalue weighted by Gasteiger charge is -2.42. The Morgan fingerprint density at radius 1 is 0.667 bits per heavy atom. The molecule has 2 nitrogen and oxygen atoms in total. The average molecular weight is 381 g/mol. The van der Waals surface area contributed by atoms with Crippen LogP contribution in [-0.4, -0.2) is 14.6 Å². The van der Waals surface area contributed by atoms with Crippen molar-refractivity contribution in [1.82, 2.24) is 0 Å². The fourth-order valence-electron chi connectivity index (χ4n) is 4.08. The molecule has 0 bridgehead atoms. The molecule has 0 unspecified atom stereocenters. The molecule has 0 aliphatic heterocycles. The molecule has 2 aromatic rings. The summed E-state index contributed by atoms with van der Waals surface area (Å²) in [6.07, 6.45) is 5.00. The Balaban J connectivity index is 2.15. The lowest BCUT2D eigenvalue weighted by atomic mass is 10.1. The molecule has 0 saturated heterocycles. The highest BCUT2D eigenvalue weighted by Crippen LogP contribution is 2.42. The van der Waals surface area contributed by atoms with Crippen LogP contribution in [0.5, 0.6) is 5.75 Å². The van der Waals surface area contributed by atoms with Gasteiger partial charge >= 0.3 is 0 Å². The molecular weight excluding hydrogens is 348 g/mol. The van der Waals surface area contributed by atoms with Crippen molar-refractivity contribution in [3.05, 3.63) is 65.2 Å². The standard InChI is InChI=1S/C24H32O2Si/c1-18(2)27(19(3)4,20(5)6)26-24-15-13-22(14-16-24)8-7-21-9-11-23(17-25)12-10-21/h7-20H,1-6H3. The maximum Gasteiger partial charge on any atom is 0.258 e. The molecule has 0 aromatic heterocycles. The van der Waals surface area contributed by atoms with E-state index in [2.05, 4.69) is 78.0 Å². The molecule has 0 atom stereocenters. The first-order chi connectivity index (χ1) is 12.8. The SMILES string of the molecule is CC(C)[Si](Oc1ccc(C=Cc2ccc(C=O)cc2)cc1)(C(C)C)C(C)C. The first kappa shape index (κ1) is 21.2. The van der Waals surface area contributed by atoms with E-state index in [9.17, 15) is 4.79 Å². The van der Waals surface area contributed by atoms with E-state index in [0.717, 1.165) is 23.2 Å². The van der Waals surface area contributed by atoms with Crippen molar-refractivity contribution in [2.75, 3.05) is 0 Å². The normalized spacial score (nSPS) is 12.3. The lowest BCUT2D eigenvalue weighted by Crippen LogP contribution is -2.50. The molecular formula is C24H32O2Si.